The summed E-state index contributed by atoms with van der Waals surface area (Å²) in [7, 11) is 0. The van der Waals surface area contributed by atoms with Gasteiger partial charge in [-0.25, -0.2) is 0 Å². The highest BCUT2D eigenvalue weighted by Gasteiger charge is 2.74. The number of rotatable bonds is 2. The standard InChI is InChI=1S/C20H22N2O6S2/c1-29-19-7-9-11(23)3-5-13(25)15(9)21(19)18(28)20(30-2)8-10-12(24)4-6-14(26)16(10)22(20)17(19)27/h3-6,9-10,13-16,25-26H,7-8H2,1-2H3/t9-,10-,13+,14+,15+,16+,19-,20-/m1/s1. The third-order valence-electron chi connectivity index (χ3n) is 7.32. The Bertz CT molecular complexity index is 862. The first-order valence-corrected chi connectivity index (χ1v) is 12.3. The molecule has 3 saturated heterocycles. The highest BCUT2D eigenvalue weighted by atomic mass is 32.2. The van der Waals surface area contributed by atoms with Crippen molar-refractivity contribution in [3.63, 3.8) is 0 Å². The van der Waals surface area contributed by atoms with Crippen molar-refractivity contribution in [1.29, 1.82) is 0 Å². The zero-order valence-corrected chi connectivity index (χ0v) is 18.1. The molecule has 30 heavy (non-hydrogen) atoms. The molecular formula is C20H22N2O6S2. The molecule has 10 heteroatoms. The number of aliphatic hydroxyl groups excluding tert-OH is 2. The van der Waals surface area contributed by atoms with Crippen molar-refractivity contribution < 1.29 is 29.4 Å². The van der Waals surface area contributed by atoms with E-state index in [0.717, 1.165) is 0 Å². The second kappa shape index (κ2) is 6.44. The summed E-state index contributed by atoms with van der Waals surface area (Å²) in [5, 5.41) is 21.3. The molecule has 0 spiro atoms. The number of ketones is 2. The van der Waals surface area contributed by atoms with E-state index in [0.29, 0.717) is 0 Å². The van der Waals surface area contributed by atoms with E-state index < -0.39 is 45.9 Å². The van der Waals surface area contributed by atoms with E-state index in [9.17, 15) is 29.4 Å². The molecule has 5 rings (SSSR count). The smallest absolute Gasteiger partial charge is 0.261 e. The zero-order valence-electron chi connectivity index (χ0n) is 16.4. The number of piperazine rings is 1. The first kappa shape index (κ1) is 20.3. The van der Waals surface area contributed by atoms with E-state index in [1.165, 1.54) is 57.6 Å². The van der Waals surface area contributed by atoms with Gasteiger partial charge in [0, 0.05) is 24.7 Å². The molecule has 3 heterocycles. The van der Waals surface area contributed by atoms with Crippen LogP contribution in [0.5, 0.6) is 0 Å². The number of thioether (sulfide) groups is 2. The van der Waals surface area contributed by atoms with Gasteiger partial charge < -0.3 is 20.0 Å². The predicted octanol–water partition coefficient (Wildman–Crippen LogP) is -0.448. The number of amides is 2. The summed E-state index contributed by atoms with van der Waals surface area (Å²) in [6, 6.07) is -1.64. The molecule has 160 valence electrons. The van der Waals surface area contributed by atoms with Crippen molar-refractivity contribution in [2.75, 3.05) is 12.5 Å². The van der Waals surface area contributed by atoms with E-state index in [4.69, 9.17) is 0 Å². The Morgan fingerprint density at radius 3 is 1.50 bits per heavy atom. The highest BCUT2D eigenvalue weighted by molar-refractivity contribution is 8.01. The van der Waals surface area contributed by atoms with Crippen molar-refractivity contribution in [1.82, 2.24) is 9.80 Å². The van der Waals surface area contributed by atoms with E-state index in [-0.39, 0.29) is 36.2 Å². The maximum absolute atomic E-state index is 14.1. The Labute approximate surface area is 181 Å². The van der Waals surface area contributed by atoms with Crippen LogP contribution in [0.2, 0.25) is 0 Å². The lowest BCUT2D eigenvalue weighted by Gasteiger charge is -2.54. The van der Waals surface area contributed by atoms with E-state index in [1.54, 1.807) is 12.5 Å². The summed E-state index contributed by atoms with van der Waals surface area (Å²) < 4.78 is 0. The Hall–Kier alpha value is -1.62. The molecule has 3 aliphatic heterocycles. The molecule has 0 saturated carbocycles. The van der Waals surface area contributed by atoms with Gasteiger partial charge in [0.15, 0.2) is 21.3 Å². The lowest BCUT2D eigenvalue weighted by atomic mass is 9.85. The average Bonchev–Trinajstić information content (AvgIpc) is 3.29. The monoisotopic (exact) mass is 450 g/mol. The number of hydrogen-bond donors (Lipinski definition) is 2. The molecule has 0 bridgehead atoms. The van der Waals surface area contributed by atoms with Gasteiger partial charge in [-0.15, -0.1) is 23.5 Å². The number of nitrogens with zero attached hydrogens (tertiary/aromatic N) is 2. The third-order valence-corrected chi connectivity index (χ3v) is 9.75. The number of carbonyl (C=O) groups is 4. The topological polar surface area (TPSA) is 115 Å². The van der Waals surface area contributed by atoms with Crippen molar-refractivity contribution in [3.05, 3.63) is 24.3 Å². The summed E-state index contributed by atoms with van der Waals surface area (Å²) in [4.78, 5) is 53.4. The first-order chi connectivity index (χ1) is 14.2. The molecule has 8 nitrogen and oxygen atoms in total. The average molecular weight is 451 g/mol. The Balaban J connectivity index is 1.70. The van der Waals surface area contributed by atoms with Crippen molar-refractivity contribution >= 4 is 46.9 Å². The van der Waals surface area contributed by atoms with Crippen molar-refractivity contribution in [2.24, 2.45) is 11.8 Å². The molecule has 2 amide bonds. The molecule has 2 N–H and O–H groups in total. The fraction of sp³-hybridized carbons (Fsp3) is 0.600. The van der Waals surface area contributed by atoms with Crippen molar-refractivity contribution in [2.45, 2.75) is 46.9 Å². The minimum atomic E-state index is -1.35. The first-order valence-electron chi connectivity index (χ1n) is 9.81. The maximum atomic E-state index is 14.1. The van der Waals surface area contributed by atoms with Gasteiger partial charge in [-0.05, 0) is 24.7 Å². The molecule has 0 radical (unpaired) electrons. The van der Waals surface area contributed by atoms with Crippen LogP contribution in [0.4, 0.5) is 0 Å². The van der Waals surface area contributed by atoms with Crippen LogP contribution in [-0.2, 0) is 19.2 Å². The molecule has 5 aliphatic rings. The van der Waals surface area contributed by atoms with Gasteiger partial charge in [-0.2, -0.15) is 0 Å². The lowest BCUT2D eigenvalue weighted by molar-refractivity contribution is -0.168. The predicted molar refractivity (Wildman–Crippen MR) is 110 cm³/mol. The Kier molecular flexibility index (Phi) is 4.36. The Morgan fingerprint density at radius 2 is 1.17 bits per heavy atom. The molecule has 0 aromatic rings. The van der Waals surface area contributed by atoms with Crippen LogP contribution in [0.25, 0.3) is 0 Å². The lowest BCUT2D eigenvalue weighted by Crippen LogP contribution is -2.74. The fourth-order valence-electron chi connectivity index (χ4n) is 5.95. The molecule has 0 aromatic heterocycles. The van der Waals surface area contributed by atoms with Crippen LogP contribution >= 0.6 is 23.5 Å². The molecule has 2 aliphatic carbocycles. The number of allylic oxidation sites excluding steroid dienone is 2. The normalized spacial score (nSPS) is 46.8. The van der Waals surface area contributed by atoms with Crippen molar-refractivity contribution in [3.8, 4) is 0 Å². The summed E-state index contributed by atoms with van der Waals surface area (Å²) in [6.45, 7) is 0. The third kappa shape index (κ3) is 2.18. The zero-order chi connectivity index (χ0) is 21.6. The molecule has 8 atom stereocenters. The quantitative estimate of drug-likeness (QED) is 0.582. The molecule has 3 fully saturated rings. The van der Waals surface area contributed by atoms with Crippen LogP contribution < -0.4 is 0 Å². The van der Waals surface area contributed by atoms with Crippen LogP contribution in [0, 0.1) is 11.8 Å². The van der Waals surface area contributed by atoms with Gasteiger partial charge in [0.2, 0.25) is 0 Å². The number of hydrogen-bond acceptors (Lipinski definition) is 8. The van der Waals surface area contributed by atoms with Crippen LogP contribution in [0.3, 0.4) is 0 Å². The van der Waals surface area contributed by atoms with Crippen LogP contribution in [0.15, 0.2) is 24.3 Å². The fourth-order valence-corrected chi connectivity index (χ4v) is 7.99. The summed E-state index contributed by atoms with van der Waals surface area (Å²) in [5.74, 6) is -2.52. The largest absolute Gasteiger partial charge is 0.387 e. The van der Waals surface area contributed by atoms with Crippen LogP contribution in [-0.4, -0.2) is 89.9 Å². The minimum Gasteiger partial charge on any atom is -0.387 e. The van der Waals surface area contributed by atoms with Gasteiger partial charge in [-0.1, -0.05) is 12.2 Å². The summed E-state index contributed by atoms with van der Waals surface area (Å²) in [5.41, 5.74) is 0. The number of fused-ring (bicyclic) bond motifs is 6. The van der Waals surface area contributed by atoms with Gasteiger partial charge in [0.1, 0.15) is 0 Å². The maximum Gasteiger partial charge on any atom is 0.261 e. The van der Waals surface area contributed by atoms with Gasteiger partial charge >= 0.3 is 0 Å². The Morgan fingerprint density at radius 1 is 0.800 bits per heavy atom. The second-order valence-electron chi connectivity index (χ2n) is 8.43. The number of aliphatic hydroxyl groups is 2. The van der Waals surface area contributed by atoms with Gasteiger partial charge in [0.25, 0.3) is 11.8 Å². The molecular weight excluding hydrogens is 428 g/mol. The van der Waals surface area contributed by atoms with E-state index >= 15 is 0 Å². The molecule has 0 unspecified atom stereocenters. The second-order valence-corrected chi connectivity index (χ2v) is 10.6. The number of carbonyl (C=O) groups excluding carboxylic acids is 4. The van der Waals surface area contributed by atoms with E-state index in [2.05, 4.69) is 0 Å². The summed E-state index contributed by atoms with van der Waals surface area (Å²) in [6.07, 6.45) is 6.91. The SMILES string of the molecule is CS[C@@]12C[C@@H]3C(=O)C=C[C@H](O)[C@H]3N1C(=O)[C@]1(SC)C[C@@H]3C(=O)C=C[C@H](O)[C@H]3N1C2=O. The van der Waals surface area contributed by atoms with Gasteiger partial charge in [0.05, 0.1) is 24.3 Å². The van der Waals surface area contributed by atoms with Crippen LogP contribution in [0.1, 0.15) is 12.8 Å². The minimum absolute atomic E-state index is 0.0991. The van der Waals surface area contributed by atoms with E-state index in [1.807, 2.05) is 0 Å². The summed E-state index contributed by atoms with van der Waals surface area (Å²) >= 11 is 2.35. The van der Waals surface area contributed by atoms with Gasteiger partial charge in [-0.3, -0.25) is 19.2 Å². The highest BCUT2D eigenvalue weighted by Crippen LogP contribution is 2.59. The molecule has 0 aromatic carbocycles.